The maximum Gasteiger partial charge on any atom is 0.155 e. The molecule has 0 unspecified atom stereocenters. The maximum atomic E-state index is 11.9. The van der Waals surface area contributed by atoms with Crippen molar-refractivity contribution in [3.05, 3.63) is 11.6 Å². The molecule has 0 heterocycles. The Morgan fingerprint density at radius 3 is 2.33 bits per heavy atom. The summed E-state index contributed by atoms with van der Waals surface area (Å²) < 4.78 is 0. The Balaban J connectivity index is 2.51. The summed E-state index contributed by atoms with van der Waals surface area (Å²) in [5.74, 6) is 0.464. The Kier molecular flexibility index (Phi) is 2.14. The first kappa shape index (κ1) is 10.6. The second-order valence-corrected chi connectivity index (χ2v) is 5.63. The molecule has 0 N–H and O–H groups in total. The summed E-state index contributed by atoms with van der Waals surface area (Å²) in [4.78, 5) is 23.3. The molecule has 0 aromatic rings. The van der Waals surface area contributed by atoms with Crippen molar-refractivity contribution in [1.82, 2.24) is 0 Å². The smallest absolute Gasteiger partial charge is 0.155 e. The van der Waals surface area contributed by atoms with Crippen molar-refractivity contribution in [3.8, 4) is 0 Å². The Labute approximate surface area is 90.7 Å². The fourth-order valence-electron chi connectivity index (χ4n) is 2.99. The largest absolute Gasteiger partial charge is 0.299 e. The first-order valence-corrected chi connectivity index (χ1v) is 5.65. The topological polar surface area (TPSA) is 34.1 Å². The molecule has 2 nitrogen and oxygen atoms in total. The molecule has 0 aliphatic heterocycles. The van der Waals surface area contributed by atoms with Crippen molar-refractivity contribution >= 4 is 11.6 Å². The maximum absolute atomic E-state index is 11.9. The third-order valence-electron chi connectivity index (χ3n) is 4.15. The molecule has 0 spiro atoms. The van der Waals surface area contributed by atoms with Crippen LogP contribution in [0.5, 0.6) is 0 Å². The molecule has 0 amide bonds. The van der Waals surface area contributed by atoms with Gasteiger partial charge in [-0.15, -0.1) is 0 Å². The van der Waals surface area contributed by atoms with Crippen LogP contribution in [0.1, 0.15) is 46.5 Å². The summed E-state index contributed by atoms with van der Waals surface area (Å²) in [7, 11) is 0. The molecule has 1 atom stereocenters. The number of hydrogen-bond donors (Lipinski definition) is 0. The van der Waals surface area contributed by atoms with Crippen molar-refractivity contribution in [2.75, 3.05) is 0 Å². The van der Waals surface area contributed by atoms with Crippen molar-refractivity contribution in [2.45, 2.75) is 46.5 Å². The minimum absolute atomic E-state index is 0.0886. The number of carbonyl (C=O) groups is 2. The van der Waals surface area contributed by atoms with Gasteiger partial charge in [-0.3, -0.25) is 9.59 Å². The lowest BCUT2D eigenvalue weighted by Crippen LogP contribution is -2.43. The van der Waals surface area contributed by atoms with Gasteiger partial charge in [0.1, 0.15) is 5.78 Å². The molecule has 0 saturated heterocycles. The molecule has 2 aliphatic rings. The van der Waals surface area contributed by atoms with Crippen LogP contribution in [-0.2, 0) is 9.59 Å². The summed E-state index contributed by atoms with van der Waals surface area (Å²) in [5.41, 5.74) is 0.733. The molecule has 2 aliphatic carbocycles. The van der Waals surface area contributed by atoms with Crippen LogP contribution in [0.4, 0.5) is 0 Å². The van der Waals surface area contributed by atoms with E-state index in [1.54, 1.807) is 6.08 Å². The predicted octanol–water partition coefficient (Wildman–Crippen LogP) is 2.67. The third kappa shape index (κ3) is 1.47. The number of rotatable bonds is 0. The first-order valence-electron chi connectivity index (χ1n) is 5.65. The van der Waals surface area contributed by atoms with Crippen LogP contribution in [0.3, 0.4) is 0 Å². The highest BCUT2D eigenvalue weighted by Crippen LogP contribution is 2.52. The van der Waals surface area contributed by atoms with Crippen LogP contribution in [0.15, 0.2) is 11.6 Å². The summed E-state index contributed by atoms with van der Waals surface area (Å²) in [6, 6.07) is 0. The van der Waals surface area contributed by atoms with E-state index in [9.17, 15) is 9.59 Å². The lowest BCUT2D eigenvalue weighted by molar-refractivity contribution is -0.129. The van der Waals surface area contributed by atoms with Gasteiger partial charge >= 0.3 is 0 Å². The van der Waals surface area contributed by atoms with E-state index in [1.807, 2.05) is 13.8 Å². The molecule has 0 aromatic heterocycles. The highest BCUT2D eigenvalue weighted by Gasteiger charge is 2.47. The average Bonchev–Trinajstić information content (AvgIpc) is 2.16. The van der Waals surface area contributed by atoms with Gasteiger partial charge in [0.2, 0.25) is 0 Å². The average molecular weight is 206 g/mol. The molecule has 2 rings (SSSR count). The Morgan fingerprint density at radius 2 is 1.67 bits per heavy atom. The number of allylic oxidation sites excluding steroid dienone is 2. The van der Waals surface area contributed by atoms with Gasteiger partial charge in [0.25, 0.3) is 0 Å². The molecule has 15 heavy (non-hydrogen) atoms. The summed E-state index contributed by atoms with van der Waals surface area (Å²) in [5, 5.41) is 0. The van der Waals surface area contributed by atoms with Crippen LogP contribution < -0.4 is 0 Å². The lowest BCUT2D eigenvalue weighted by Gasteiger charge is -2.46. The number of ketones is 2. The fourth-order valence-corrected chi connectivity index (χ4v) is 2.99. The standard InChI is InChI=1S/C13H18O2/c1-12(2)10-8-9(14)4-6-13(10,3)7-5-11(12)15/h8H,4-7H2,1-3H3/t13-/m0/s1. The van der Waals surface area contributed by atoms with E-state index in [-0.39, 0.29) is 17.0 Å². The third-order valence-corrected chi connectivity index (χ3v) is 4.15. The monoisotopic (exact) mass is 206 g/mol. The molecule has 1 saturated carbocycles. The van der Waals surface area contributed by atoms with E-state index >= 15 is 0 Å². The highest BCUT2D eigenvalue weighted by molar-refractivity contribution is 5.96. The fraction of sp³-hybridized carbons (Fsp3) is 0.692. The number of fused-ring (bicyclic) bond motifs is 1. The van der Waals surface area contributed by atoms with Crippen molar-refractivity contribution in [2.24, 2.45) is 10.8 Å². The SMILES string of the molecule is CC1(C)C(=O)CC[C@]2(C)CCC(=O)C=C12. The van der Waals surface area contributed by atoms with Gasteiger partial charge in [-0.05, 0) is 43.8 Å². The van der Waals surface area contributed by atoms with Crippen LogP contribution in [0.25, 0.3) is 0 Å². The second kappa shape index (κ2) is 3.03. The number of carbonyl (C=O) groups excluding carboxylic acids is 2. The predicted molar refractivity (Wildman–Crippen MR) is 58.5 cm³/mol. The zero-order valence-electron chi connectivity index (χ0n) is 9.72. The van der Waals surface area contributed by atoms with Crippen LogP contribution in [-0.4, -0.2) is 11.6 Å². The molecular formula is C13H18O2. The van der Waals surface area contributed by atoms with Gasteiger partial charge in [0.15, 0.2) is 5.78 Å². The van der Waals surface area contributed by atoms with Crippen molar-refractivity contribution in [3.63, 3.8) is 0 Å². The quantitative estimate of drug-likeness (QED) is 0.610. The molecule has 2 heteroatoms. The van der Waals surface area contributed by atoms with E-state index in [0.29, 0.717) is 12.8 Å². The van der Waals surface area contributed by atoms with Crippen LogP contribution in [0, 0.1) is 10.8 Å². The zero-order chi connectivity index (χ0) is 11.3. The van der Waals surface area contributed by atoms with Gasteiger partial charge in [-0.1, -0.05) is 6.92 Å². The minimum atomic E-state index is -0.428. The normalized spacial score (nSPS) is 34.7. The summed E-state index contributed by atoms with van der Waals surface area (Å²) in [6.07, 6.45) is 4.86. The Morgan fingerprint density at radius 1 is 1.07 bits per heavy atom. The van der Waals surface area contributed by atoms with Crippen LogP contribution in [0.2, 0.25) is 0 Å². The summed E-state index contributed by atoms with van der Waals surface area (Å²) in [6.45, 7) is 6.10. The van der Waals surface area contributed by atoms with Crippen LogP contribution >= 0.6 is 0 Å². The Hall–Kier alpha value is -0.920. The molecule has 0 radical (unpaired) electrons. The second-order valence-electron chi connectivity index (χ2n) is 5.63. The van der Waals surface area contributed by atoms with Gasteiger partial charge in [0.05, 0.1) is 0 Å². The minimum Gasteiger partial charge on any atom is -0.299 e. The van der Waals surface area contributed by atoms with E-state index < -0.39 is 5.41 Å². The first-order chi connectivity index (χ1) is 6.86. The highest BCUT2D eigenvalue weighted by atomic mass is 16.1. The molecule has 82 valence electrons. The van der Waals surface area contributed by atoms with E-state index in [0.717, 1.165) is 18.4 Å². The van der Waals surface area contributed by atoms with E-state index in [2.05, 4.69) is 6.92 Å². The van der Waals surface area contributed by atoms with Gasteiger partial charge in [0, 0.05) is 18.3 Å². The Bertz CT molecular complexity index is 363. The summed E-state index contributed by atoms with van der Waals surface area (Å²) >= 11 is 0. The van der Waals surface area contributed by atoms with Crippen molar-refractivity contribution in [1.29, 1.82) is 0 Å². The molecule has 0 bridgehead atoms. The molecular weight excluding hydrogens is 188 g/mol. The molecule has 0 aromatic carbocycles. The van der Waals surface area contributed by atoms with Crippen molar-refractivity contribution < 1.29 is 9.59 Å². The lowest BCUT2D eigenvalue weighted by atomic mass is 9.56. The van der Waals surface area contributed by atoms with E-state index in [1.165, 1.54) is 0 Å². The van der Waals surface area contributed by atoms with E-state index in [4.69, 9.17) is 0 Å². The van der Waals surface area contributed by atoms with Gasteiger partial charge in [-0.2, -0.15) is 0 Å². The zero-order valence-corrected chi connectivity index (χ0v) is 9.72. The number of hydrogen-bond acceptors (Lipinski definition) is 2. The molecule has 1 fully saturated rings. The van der Waals surface area contributed by atoms with Gasteiger partial charge in [-0.25, -0.2) is 0 Å². The number of Topliss-reactive ketones (excluding diaryl/α,β-unsaturated/α-hetero) is 1. The van der Waals surface area contributed by atoms with Gasteiger partial charge < -0.3 is 0 Å².